The van der Waals surface area contributed by atoms with Gasteiger partial charge >= 0.3 is 7.12 Å². The summed E-state index contributed by atoms with van der Waals surface area (Å²) in [5.74, 6) is 0.621. The molecule has 0 bridgehead atoms. The Morgan fingerprint density at radius 3 is 1.46 bits per heavy atom. The second-order valence-electron chi connectivity index (χ2n) is 8.33. The number of benzene rings is 4. The summed E-state index contributed by atoms with van der Waals surface area (Å²) in [6, 6.07) is 27.0. The van der Waals surface area contributed by atoms with Gasteiger partial charge in [0.05, 0.1) is 0 Å². The fourth-order valence-corrected chi connectivity index (χ4v) is 4.50. The van der Waals surface area contributed by atoms with Gasteiger partial charge in [-0.05, 0) is 36.4 Å². The molecule has 2 N–H and O–H groups in total. The summed E-state index contributed by atoms with van der Waals surface area (Å²) in [5, 5.41) is 23.7. The first kappa shape index (κ1) is 19.9. The summed E-state index contributed by atoms with van der Waals surface area (Å²) in [7, 11) is -1.85. The lowest BCUT2D eigenvalue weighted by Gasteiger charge is -2.07. The smallest absolute Gasteiger partial charge is 0.456 e. The molecule has 4 aromatic carbocycles. The minimum absolute atomic E-state index is 0.139. The van der Waals surface area contributed by atoms with Crippen LogP contribution in [0.3, 0.4) is 0 Å². The first-order chi connectivity index (χ1) is 17.1. The molecule has 3 heterocycles. The maximum absolute atomic E-state index is 9.87. The first-order valence-electron chi connectivity index (χ1n) is 11.1. The molecule has 0 aliphatic heterocycles. The summed E-state index contributed by atoms with van der Waals surface area (Å²) in [5.41, 5.74) is 4.18. The van der Waals surface area contributed by atoms with Crippen LogP contribution >= 0.6 is 0 Å². The van der Waals surface area contributed by atoms with Crippen LogP contribution in [0.4, 0.5) is 0 Å². The van der Waals surface area contributed by atoms with Crippen molar-refractivity contribution in [3.8, 4) is 22.8 Å². The van der Waals surface area contributed by atoms with Crippen molar-refractivity contribution in [1.29, 1.82) is 0 Å². The average Bonchev–Trinajstić information content (AvgIpc) is 3.45. The Morgan fingerprint density at radius 1 is 0.514 bits per heavy atom. The highest BCUT2D eigenvalue weighted by atomic mass is 16.4. The predicted molar refractivity (Wildman–Crippen MR) is 135 cm³/mol. The van der Waals surface area contributed by atoms with E-state index in [9.17, 15) is 10.0 Å². The van der Waals surface area contributed by atoms with Crippen LogP contribution in [0, 0.1) is 0 Å². The third-order valence-corrected chi connectivity index (χ3v) is 6.16. The van der Waals surface area contributed by atoms with E-state index in [0.717, 1.165) is 32.7 Å². The van der Waals surface area contributed by atoms with E-state index in [2.05, 4.69) is 15.0 Å². The second-order valence-corrected chi connectivity index (χ2v) is 8.33. The van der Waals surface area contributed by atoms with Gasteiger partial charge in [0.15, 0.2) is 17.4 Å². The topological polar surface area (TPSA) is 105 Å². The average molecular weight is 457 g/mol. The van der Waals surface area contributed by atoms with Crippen LogP contribution in [0.5, 0.6) is 0 Å². The second kappa shape index (κ2) is 7.49. The fourth-order valence-electron chi connectivity index (χ4n) is 4.50. The minimum atomic E-state index is -1.85. The van der Waals surface area contributed by atoms with Crippen molar-refractivity contribution in [1.82, 2.24) is 15.0 Å². The van der Waals surface area contributed by atoms with E-state index in [1.165, 1.54) is 0 Å². The summed E-state index contributed by atoms with van der Waals surface area (Å²) in [4.78, 5) is 13.2. The Labute approximate surface area is 198 Å². The molecule has 7 rings (SSSR count). The van der Waals surface area contributed by atoms with E-state index in [0.29, 0.717) is 33.9 Å². The molecule has 7 nitrogen and oxygen atoms in total. The van der Waals surface area contributed by atoms with E-state index in [1.807, 2.05) is 84.9 Å². The first-order valence-corrected chi connectivity index (χ1v) is 11.1. The molecule has 0 atom stereocenters. The third kappa shape index (κ3) is 3.19. The highest BCUT2D eigenvalue weighted by Gasteiger charge is 2.21. The van der Waals surface area contributed by atoms with E-state index >= 15 is 0 Å². The van der Waals surface area contributed by atoms with Crippen LogP contribution in [0.25, 0.3) is 66.7 Å². The number of nitrogens with zero attached hydrogens (tertiary/aromatic N) is 3. The zero-order valence-corrected chi connectivity index (χ0v) is 18.2. The molecule has 0 unspecified atom stereocenters. The minimum Gasteiger partial charge on any atom is -0.456 e. The monoisotopic (exact) mass is 457 g/mol. The molecule has 0 aliphatic carbocycles. The van der Waals surface area contributed by atoms with Gasteiger partial charge in [-0.1, -0.05) is 48.5 Å². The molecule has 0 saturated heterocycles. The summed E-state index contributed by atoms with van der Waals surface area (Å²) < 4.78 is 12.0. The summed E-state index contributed by atoms with van der Waals surface area (Å²) >= 11 is 0. The standard InChI is InChI=1S/C27H16BN3O4/c32-28(33)27-30-25(15-9-11-19-17-5-1-3-7-21(17)34-23(19)13-15)29-26(31-27)16-10-12-20-18-6-2-4-8-22(18)35-24(20)14-16/h1-14,32-33H. The van der Waals surface area contributed by atoms with Crippen molar-refractivity contribution in [3.63, 3.8) is 0 Å². The van der Waals surface area contributed by atoms with Gasteiger partial charge in [-0.2, -0.15) is 0 Å². The van der Waals surface area contributed by atoms with Crippen LogP contribution in [-0.2, 0) is 0 Å². The zero-order chi connectivity index (χ0) is 23.5. The number of fused-ring (bicyclic) bond motifs is 6. The van der Waals surface area contributed by atoms with E-state index in [1.54, 1.807) is 0 Å². The molecule has 0 radical (unpaired) electrons. The molecule has 0 aliphatic rings. The van der Waals surface area contributed by atoms with Crippen molar-refractivity contribution in [2.45, 2.75) is 0 Å². The molecular formula is C27H16BN3O4. The van der Waals surface area contributed by atoms with Gasteiger partial charge in [0.25, 0.3) is 0 Å². The largest absolute Gasteiger partial charge is 0.528 e. The Morgan fingerprint density at radius 2 is 0.971 bits per heavy atom. The molecule has 0 fully saturated rings. The van der Waals surface area contributed by atoms with E-state index in [-0.39, 0.29) is 5.72 Å². The molecule has 166 valence electrons. The van der Waals surface area contributed by atoms with Crippen LogP contribution in [-0.4, -0.2) is 32.1 Å². The molecule has 3 aromatic heterocycles. The van der Waals surface area contributed by atoms with Gasteiger partial charge < -0.3 is 18.9 Å². The molecule has 7 aromatic rings. The highest BCUT2D eigenvalue weighted by molar-refractivity contribution is 6.56. The number of hydrogen-bond acceptors (Lipinski definition) is 7. The Hall–Kier alpha value is -4.53. The number of aromatic nitrogens is 3. The van der Waals surface area contributed by atoms with Crippen molar-refractivity contribution < 1.29 is 18.9 Å². The Balaban J connectivity index is 1.39. The Kier molecular flexibility index (Phi) is 4.26. The van der Waals surface area contributed by atoms with Gasteiger partial charge in [0, 0.05) is 32.7 Å². The lowest BCUT2D eigenvalue weighted by Crippen LogP contribution is -2.36. The SMILES string of the molecule is OB(O)c1nc(-c2ccc3c(c2)oc2ccccc23)nc(-c2ccc3c(c2)oc2ccccc23)n1. The maximum Gasteiger partial charge on any atom is 0.528 e. The highest BCUT2D eigenvalue weighted by Crippen LogP contribution is 2.33. The van der Waals surface area contributed by atoms with Crippen LogP contribution in [0.15, 0.2) is 93.8 Å². The van der Waals surface area contributed by atoms with Crippen molar-refractivity contribution in [3.05, 3.63) is 84.9 Å². The van der Waals surface area contributed by atoms with Crippen LogP contribution < -0.4 is 5.72 Å². The molecule has 8 heteroatoms. The van der Waals surface area contributed by atoms with Gasteiger partial charge in [-0.25, -0.2) is 15.0 Å². The lowest BCUT2D eigenvalue weighted by molar-refractivity contribution is 0.422. The van der Waals surface area contributed by atoms with Crippen molar-refractivity contribution in [2.75, 3.05) is 0 Å². The quantitative estimate of drug-likeness (QED) is 0.371. The van der Waals surface area contributed by atoms with Gasteiger partial charge in [-0.15, -0.1) is 0 Å². The lowest BCUT2D eigenvalue weighted by atomic mass is 9.90. The van der Waals surface area contributed by atoms with Gasteiger partial charge in [0.2, 0.25) is 0 Å². The van der Waals surface area contributed by atoms with Crippen LogP contribution in [0.2, 0.25) is 0 Å². The van der Waals surface area contributed by atoms with E-state index < -0.39 is 7.12 Å². The Bertz CT molecular complexity index is 1780. The summed E-state index contributed by atoms with van der Waals surface area (Å²) in [6.07, 6.45) is 0. The summed E-state index contributed by atoms with van der Waals surface area (Å²) in [6.45, 7) is 0. The van der Waals surface area contributed by atoms with Crippen LogP contribution in [0.1, 0.15) is 0 Å². The fraction of sp³-hybridized carbons (Fsp3) is 0. The molecule has 0 spiro atoms. The number of hydrogen-bond donors (Lipinski definition) is 2. The number of rotatable bonds is 3. The zero-order valence-electron chi connectivity index (χ0n) is 18.2. The normalized spacial score (nSPS) is 11.7. The van der Waals surface area contributed by atoms with Gasteiger partial charge in [-0.3, -0.25) is 0 Å². The maximum atomic E-state index is 9.87. The van der Waals surface area contributed by atoms with Crippen molar-refractivity contribution in [2.24, 2.45) is 0 Å². The predicted octanol–water partition coefficient (Wildman–Crippen LogP) is 4.68. The molecule has 35 heavy (non-hydrogen) atoms. The molecular weight excluding hydrogens is 441 g/mol. The van der Waals surface area contributed by atoms with Gasteiger partial charge in [0.1, 0.15) is 22.3 Å². The van der Waals surface area contributed by atoms with E-state index in [4.69, 9.17) is 8.83 Å². The molecule has 0 saturated carbocycles. The third-order valence-electron chi connectivity index (χ3n) is 6.16. The number of furan rings is 2. The number of para-hydroxylation sites is 2. The molecule has 0 amide bonds. The van der Waals surface area contributed by atoms with Crippen molar-refractivity contribution >= 4 is 56.7 Å².